The lowest BCUT2D eigenvalue weighted by molar-refractivity contribution is -0.138. The first-order chi connectivity index (χ1) is 18.4. The number of nitrogens with zero attached hydrogens (tertiary/aromatic N) is 1. The Hall–Kier alpha value is -3.14. The quantitative estimate of drug-likeness (QED) is 0.454. The SMILES string of the molecule is CN[C@@H](C)C(=O)N[C@H]1C(=O)N(Cc2c(OC)ccc3cc(Br)ccc23)c2ccccc2OC12CCOCC2. The van der Waals surface area contributed by atoms with Crippen molar-refractivity contribution in [3.8, 4) is 11.5 Å². The minimum Gasteiger partial charge on any atom is -0.496 e. The monoisotopic (exact) mass is 581 g/mol. The Morgan fingerprint density at radius 2 is 1.95 bits per heavy atom. The maximum Gasteiger partial charge on any atom is 0.254 e. The lowest BCUT2D eigenvalue weighted by Crippen LogP contribution is -2.65. The summed E-state index contributed by atoms with van der Waals surface area (Å²) in [5.74, 6) is 0.784. The van der Waals surface area contributed by atoms with Gasteiger partial charge in [-0.05, 0) is 55.1 Å². The highest BCUT2D eigenvalue weighted by molar-refractivity contribution is 9.10. The van der Waals surface area contributed by atoms with Gasteiger partial charge in [-0.25, -0.2) is 0 Å². The second-order valence-electron chi connectivity index (χ2n) is 9.74. The third-order valence-corrected chi connectivity index (χ3v) is 8.04. The maximum atomic E-state index is 14.5. The zero-order valence-electron chi connectivity index (χ0n) is 21.8. The molecule has 1 spiro atoms. The molecule has 0 bridgehead atoms. The summed E-state index contributed by atoms with van der Waals surface area (Å²) < 4.78 is 19.1. The maximum absolute atomic E-state index is 14.5. The zero-order chi connectivity index (χ0) is 26.9. The lowest BCUT2D eigenvalue weighted by Gasteiger charge is -2.41. The molecule has 2 heterocycles. The highest BCUT2D eigenvalue weighted by Crippen LogP contribution is 2.42. The Labute approximate surface area is 230 Å². The average molecular weight is 582 g/mol. The van der Waals surface area contributed by atoms with E-state index in [4.69, 9.17) is 14.2 Å². The molecule has 200 valence electrons. The van der Waals surface area contributed by atoms with Crippen molar-refractivity contribution in [3.63, 3.8) is 0 Å². The summed E-state index contributed by atoms with van der Waals surface area (Å²) in [5.41, 5.74) is 0.590. The number of benzene rings is 3. The van der Waals surface area contributed by atoms with E-state index in [1.807, 2.05) is 54.6 Å². The number of nitrogens with one attached hydrogen (secondary N) is 2. The lowest BCUT2D eigenvalue weighted by atomic mass is 9.84. The summed E-state index contributed by atoms with van der Waals surface area (Å²) in [5, 5.41) is 8.00. The molecule has 2 aliphatic heterocycles. The molecule has 2 N–H and O–H groups in total. The molecule has 1 fully saturated rings. The zero-order valence-corrected chi connectivity index (χ0v) is 23.3. The highest BCUT2D eigenvalue weighted by Gasteiger charge is 2.51. The third-order valence-electron chi connectivity index (χ3n) is 7.55. The van der Waals surface area contributed by atoms with Crippen molar-refractivity contribution in [1.82, 2.24) is 10.6 Å². The minimum atomic E-state index is -0.934. The Bertz CT molecular complexity index is 1360. The Balaban J connectivity index is 1.64. The van der Waals surface area contributed by atoms with Crippen LogP contribution < -0.4 is 25.0 Å². The van der Waals surface area contributed by atoms with Gasteiger partial charge in [-0.15, -0.1) is 0 Å². The molecule has 0 unspecified atom stereocenters. The van der Waals surface area contributed by atoms with E-state index in [0.29, 0.717) is 43.2 Å². The largest absolute Gasteiger partial charge is 0.496 e. The topological polar surface area (TPSA) is 89.1 Å². The summed E-state index contributed by atoms with van der Waals surface area (Å²) >= 11 is 3.55. The fraction of sp³-hybridized carbons (Fsp3) is 0.379. The van der Waals surface area contributed by atoms with E-state index in [-0.39, 0.29) is 18.4 Å². The smallest absolute Gasteiger partial charge is 0.254 e. The van der Waals surface area contributed by atoms with Gasteiger partial charge in [0.05, 0.1) is 38.6 Å². The summed E-state index contributed by atoms with van der Waals surface area (Å²) in [6.45, 7) is 2.88. The van der Waals surface area contributed by atoms with Gasteiger partial charge in [-0.2, -0.15) is 0 Å². The van der Waals surface area contributed by atoms with Gasteiger partial charge in [0.2, 0.25) is 5.91 Å². The molecule has 8 nitrogen and oxygen atoms in total. The number of carbonyl (C=O) groups is 2. The molecule has 5 rings (SSSR count). The van der Waals surface area contributed by atoms with E-state index >= 15 is 0 Å². The second kappa shape index (κ2) is 10.9. The number of hydrogen-bond acceptors (Lipinski definition) is 6. The first kappa shape index (κ1) is 26.5. The van der Waals surface area contributed by atoms with Crippen molar-refractivity contribution in [2.45, 2.75) is 44.0 Å². The van der Waals surface area contributed by atoms with Crippen LogP contribution in [0.1, 0.15) is 25.3 Å². The van der Waals surface area contributed by atoms with Crippen molar-refractivity contribution < 1.29 is 23.8 Å². The first-order valence-electron chi connectivity index (χ1n) is 12.8. The molecule has 0 aliphatic carbocycles. The van der Waals surface area contributed by atoms with Crippen LogP contribution in [-0.2, 0) is 20.9 Å². The molecule has 0 saturated carbocycles. The minimum absolute atomic E-state index is 0.232. The fourth-order valence-corrected chi connectivity index (χ4v) is 5.64. The number of halogens is 1. The number of anilines is 1. The molecule has 0 radical (unpaired) electrons. The van der Waals surface area contributed by atoms with Crippen molar-refractivity contribution in [2.75, 3.05) is 32.3 Å². The fourth-order valence-electron chi connectivity index (χ4n) is 5.26. The van der Waals surface area contributed by atoms with Gasteiger partial charge in [-0.3, -0.25) is 9.59 Å². The number of carbonyl (C=O) groups excluding carboxylic acids is 2. The highest BCUT2D eigenvalue weighted by atomic mass is 79.9. The third kappa shape index (κ3) is 4.86. The average Bonchev–Trinajstić information content (AvgIpc) is 3.02. The summed E-state index contributed by atoms with van der Waals surface area (Å²) in [6, 6.07) is 16.1. The molecular weight excluding hydrogens is 550 g/mol. The van der Waals surface area contributed by atoms with Gasteiger partial charge in [0, 0.05) is 22.9 Å². The molecule has 3 aromatic rings. The van der Waals surface area contributed by atoms with Crippen LogP contribution in [0.5, 0.6) is 11.5 Å². The van der Waals surface area contributed by atoms with Crippen LogP contribution in [0.4, 0.5) is 5.69 Å². The number of fused-ring (bicyclic) bond motifs is 2. The number of amides is 2. The van der Waals surface area contributed by atoms with Crippen molar-refractivity contribution >= 4 is 44.2 Å². The molecule has 9 heteroatoms. The van der Waals surface area contributed by atoms with Gasteiger partial charge in [0.15, 0.2) is 0 Å². The predicted octanol–water partition coefficient (Wildman–Crippen LogP) is 4.18. The summed E-state index contributed by atoms with van der Waals surface area (Å²) in [6.07, 6.45) is 0.955. The van der Waals surface area contributed by atoms with Crippen LogP contribution in [0.3, 0.4) is 0 Å². The van der Waals surface area contributed by atoms with E-state index in [9.17, 15) is 9.59 Å². The van der Waals surface area contributed by atoms with Crippen molar-refractivity contribution in [1.29, 1.82) is 0 Å². The molecule has 1 saturated heterocycles. The van der Waals surface area contributed by atoms with E-state index < -0.39 is 17.7 Å². The molecule has 2 amide bonds. The van der Waals surface area contributed by atoms with Crippen molar-refractivity contribution in [3.05, 3.63) is 64.6 Å². The van der Waals surface area contributed by atoms with Crippen LogP contribution >= 0.6 is 15.9 Å². The molecule has 0 aromatic heterocycles. The normalized spacial score (nSPS) is 19.4. The molecule has 2 aliphatic rings. The number of ether oxygens (including phenoxy) is 3. The van der Waals surface area contributed by atoms with Crippen LogP contribution in [-0.4, -0.2) is 56.9 Å². The predicted molar refractivity (Wildman–Crippen MR) is 150 cm³/mol. The Morgan fingerprint density at radius 3 is 2.68 bits per heavy atom. The number of rotatable bonds is 6. The standard InChI is InChI=1S/C29H32BrN3O5/c1-18(31-2)27(34)32-26-28(35)33(17-22-21-10-9-20(30)16-19(21)8-11-24(22)36-3)23-6-4-5-7-25(23)38-29(26)12-14-37-15-13-29/h4-11,16,18,26,31H,12-15,17H2,1-3H3,(H,32,34)/t18-,26-/m0/s1. The van der Waals surface area contributed by atoms with Gasteiger partial charge >= 0.3 is 0 Å². The van der Waals surface area contributed by atoms with E-state index in [2.05, 4.69) is 26.6 Å². The van der Waals surface area contributed by atoms with Gasteiger partial charge in [0.1, 0.15) is 23.1 Å². The summed E-state index contributed by atoms with van der Waals surface area (Å²) in [7, 11) is 3.34. The van der Waals surface area contributed by atoms with Crippen molar-refractivity contribution in [2.24, 2.45) is 0 Å². The van der Waals surface area contributed by atoms with Crippen LogP contribution in [0.2, 0.25) is 0 Å². The molecule has 2 atom stereocenters. The summed E-state index contributed by atoms with van der Waals surface area (Å²) in [4.78, 5) is 29.4. The van der Waals surface area contributed by atoms with Gasteiger partial charge in [0.25, 0.3) is 5.91 Å². The molecule has 38 heavy (non-hydrogen) atoms. The Morgan fingerprint density at radius 1 is 1.18 bits per heavy atom. The van der Waals surface area contributed by atoms with Crippen LogP contribution in [0.15, 0.2) is 59.1 Å². The van der Waals surface area contributed by atoms with Crippen LogP contribution in [0, 0.1) is 0 Å². The van der Waals surface area contributed by atoms with Crippen LogP contribution in [0.25, 0.3) is 10.8 Å². The van der Waals surface area contributed by atoms with Gasteiger partial charge < -0.3 is 29.7 Å². The Kier molecular flexibility index (Phi) is 7.61. The van der Waals surface area contributed by atoms with E-state index in [1.165, 1.54) is 0 Å². The number of para-hydroxylation sites is 2. The number of hydrogen-bond donors (Lipinski definition) is 2. The number of likely N-dealkylation sites (N-methyl/N-ethyl adjacent to an activating group) is 1. The van der Waals surface area contributed by atoms with E-state index in [0.717, 1.165) is 20.8 Å². The molecular formula is C29H32BrN3O5. The second-order valence-corrected chi connectivity index (χ2v) is 10.7. The number of methoxy groups -OCH3 is 1. The first-order valence-corrected chi connectivity index (χ1v) is 13.6. The van der Waals surface area contributed by atoms with Gasteiger partial charge in [-0.1, -0.05) is 40.2 Å². The molecule has 3 aromatic carbocycles. The van der Waals surface area contributed by atoms with E-state index in [1.54, 1.807) is 26.0 Å².